The number of Topliss-reactive ketones (excluding diaryl/α,β-unsaturated/α-hetero) is 1. The third-order valence-electron chi connectivity index (χ3n) is 5.03. The molecule has 1 aromatic carbocycles. The topological polar surface area (TPSA) is 105 Å². The average Bonchev–Trinajstić information content (AvgIpc) is 3.23. The number of hydrogen-bond donors (Lipinski definition) is 1. The summed E-state index contributed by atoms with van der Waals surface area (Å²) in [6, 6.07) is 8.51. The highest BCUT2D eigenvalue weighted by atomic mass is 35.5. The molecule has 31 heavy (non-hydrogen) atoms. The van der Waals surface area contributed by atoms with E-state index >= 15 is 0 Å². The van der Waals surface area contributed by atoms with E-state index in [9.17, 15) is 20.0 Å². The molecular weight excluding hydrogens is 420 g/mol. The summed E-state index contributed by atoms with van der Waals surface area (Å²) in [5.41, 5.74) is 0.631. The van der Waals surface area contributed by atoms with Gasteiger partial charge >= 0.3 is 0 Å². The molecule has 0 radical (unpaired) electrons. The van der Waals surface area contributed by atoms with Crippen LogP contribution in [0.25, 0.3) is 0 Å². The van der Waals surface area contributed by atoms with Crippen LogP contribution in [0.3, 0.4) is 0 Å². The number of aromatic nitrogens is 1. The molecule has 0 aliphatic carbocycles. The SMILES string of the molecule is Cc1cc(OC(C)C(=O)c2c(C)c(C#N)c(=O)n(Cc3ccco3)c2O)cc(C)c1Cl. The van der Waals surface area contributed by atoms with Gasteiger partial charge in [0.25, 0.3) is 5.56 Å². The summed E-state index contributed by atoms with van der Waals surface area (Å²) in [6.45, 7) is 6.52. The third-order valence-corrected chi connectivity index (χ3v) is 5.63. The fourth-order valence-electron chi connectivity index (χ4n) is 3.39. The van der Waals surface area contributed by atoms with Crippen molar-refractivity contribution in [1.82, 2.24) is 4.57 Å². The smallest absolute Gasteiger partial charge is 0.271 e. The van der Waals surface area contributed by atoms with Gasteiger partial charge in [-0.25, -0.2) is 0 Å². The van der Waals surface area contributed by atoms with Crippen LogP contribution in [0.2, 0.25) is 5.02 Å². The molecule has 8 heteroatoms. The van der Waals surface area contributed by atoms with E-state index in [-0.39, 0.29) is 23.2 Å². The fourth-order valence-corrected chi connectivity index (χ4v) is 3.50. The van der Waals surface area contributed by atoms with Crippen LogP contribution >= 0.6 is 11.6 Å². The number of carbonyl (C=O) groups is 1. The van der Waals surface area contributed by atoms with Crippen molar-refractivity contribution in [3.05, 3.63) is 79.5 Å². The number of furan rings is 1. The number of carbonyl (C=O) groups excluding carboxylic acids is 1. The molecule has 3 aromatic rings. The summed E-state index contributed by atoms with van der Waals surface area (Å²) in [6.07, 6.45) is 0.431. The number of nitrogens with zero attached hydrogens (tertiary/aromatic N) is 2. The molecule has 2 aromatic heterocycles. The maximum Gasteiger partial charge on any atom is 0.271 e. The average molecular weight is 441 g/mol. The van der Waals surface area contributed by atoms with Crippen molar-refractivity contribution in [3.63, 3.8) is 0 Å². The summed E-state index contributed by atoms with van der Waals surface area (Å²) in [5.74, 6) is -0.270. The Hall–Kier alpha value is -3.50. The Morgan fingerprint density at radius 1 is 1.32 bits per heavy atom. The molecule has 0 saturated carbocycles. The van der Waals surface area contributed by atoms with Gasteiger partial charge in [-0.3, -0.25) is 14.2 Å². The minimum absolute atomic E-state index is 0.101. The maximum absolute atomic E-state index is 13.2. The normalized spacial score (nSPS) is 11.7. The number of ketones is 1. The molecule has 1 unspecified atom stereocenters. The van der Waals surface area contributed by atoms with Crippen LogP contribution in [-0.2, 0) is 6.54 Å². The number of ether oxygens (including phenoxy) is 1. The summed E-state index contributed by atoms with van der Waals surface area (Å²) in [7, 11) is 0. The zero-order valence-electron chi connectivity index (χ0n) is 17.5. The Morgan fingerprint density at radius 2 is 1.97 bits per heavy atom. The number of benzene rings is 1. The number of aromatic hydroxyl groups is 1. The van der Waals surface area contributed by atoms with Gasteiger partial charge < -0.3 is 14.3 Å². The van der Waals surface area contributed by atoms with E-state index in [1.165, 1.54) is 20.1 Å². The molecule has 0 aliphatic heterocycles. The van der Waals surface area contributed by atoms with Gasteiger partial charge in [0.05, 0.1) is 18.4 Å². The second-order valence-corrected chi connectivity index (χ2v) is 7.65. The summed E-state index contributed by atoms with van der Waals surface area (Å²) in [4.78, 5) is 25.9. The van der Waals surface area contributed by atoms with E-state index in [2.05, 4.69) is 0 Å². The van der Waals surface area contributed by atoms with Gasteiger partial charge in [-0.2, -0.15) is 5.26 Å². The highest BCUT2D eigenvalue weighted by Gasteiger charge is 2.28. The van der Waals surface area contributed by atoms with Crippen LogP contribution in [0.4, 0.5) is 0 Å². The lowest BCUT2D eigenvalue weighted by Gasteiger charge is -2.19. The summed E-state index contributed by atoms with van der Waals surface area (Å²) >= 11 is 6.18. The third kappa shape index (κ3) is 4.21. The Labute approximate surface area is 184 Å². The number of rotatable bonds is 6. The van der Waals surface area contributed by atoms with Gasteiger partial charge in [0, 0.05) is 5.02 Å². The van der Waals surface area contributed by atoms with E-state index in [4.69, 9.17) is 20.8 Å². The minimum atomic E-state index is -0.995. The minimum Gasteiger partial charge on any atom is -0.494 e. The molecule has 3 rings (SSSR count). The first-order chi connectivity index (χ1) is 14.6. The van der Waals surface area contributed by atoms with Crippen LogP contribution in [0.1, 0.15) is 45.3 Å². The Bertz CT molecular complexity index is 1230. The predicted molar refractivity (Wildman–Crippen MR) is 115 cm³/mol. The van der Waals surface area contributed by atoms with E-state index in [0.717, 1.165) is 15.7 Å². The van der Waals surface area contributed by atoms with Crippen molar-refractivity contribution >= 4 is 17.4 Å². The number of halogens is 1. The molecule has 0 spiro atoms. The molecular formula is C23H21ClN2O5. The van der Waals surface area contributed by atoms with Gasteiger partial charge in [0.15, 0.2) is 6.10 Å². The van der Waals surface area contributed by atoms with Gasteiger partial charge in [0.1, 0.15) is 23.1 Å². The molecule has 0 fully saturated rings. The van der Waals surface area contributed by atoms with Gasteiger partial charge in [-0.15, -0.1) is 0 Å². The quantitative estimate of drug-likeness (QED) is 0.573. The van der Waals surface area contributed by atoms with E-state index in [0.29, 0.717) is 16.5 Å². The summed E-state index contributed by atoms with van der Waals surface area (Å²) in [5, 5.41) is 20.9. The highest BCUT2D eigenvalue weighted by molar-refractivity contribution is 6.32. The van der Waals surface area contributed by atoms with Crippen molar-refractivity contribution < 1.29 is 19.1 Å². The van der Waals surface area contributed by atoms with Crippen LogP contribution in [-0.4, -0.2) is 21.6 Å². The molecule has 0 bridgehead atoms. The van der Waals surface area contributed by atoms with Crippen LogP contribution < -0.4 is 10.3 Å². The lowest BCUT2D eigenvalue weighted by molar-refractivity contribution is 0.0812. The standard InChI is InChI=1S/C23H21ClN2O5/c1-12-8-17(9-13(2)20(12)24)31-15(4)21(27)19-14(3)18(10-25)22(28)26(23(19)29)11-16-6-5-7-30-16/h5-9,15,29H,11H2,1-4H3. The second-order valence-electron chi connectivity index (χ2n) is 7.28. The van der Waals surface area contributed by atoms with Crippen LogP contribution in [0.5, 0.6) is 11.6 Å². The first-order valence-electron chi connectivity index (χ1n) is 9.52. The molecule has 0 saturated heterocycles. The monoisotopic (exact) mass is 440 g/mol. The van der Waals surface area contributed by atoms with Crippen molar-refractivity contribution in [2.24, 2.45) is 0 Å². The number of hydrogen-bond acceptors (Lipinski definition) is 6. The van der Waals surface area contributed by atoms with Crippen molar-refractivity contribution in [2.45, 2.75) is 40.3 Å². The second kappa shape index (κ2) is 8.70. The number of aryl methyl sites for hydroxylation is 2. The number of pyridine rings is 1. The van der Waals surface area contributed by atoms with E-state index in [1.54, 1.807) is 24.3 Å². The maximum atomic E-state index is 13.2. The lowest BCUT2D eigenvalue weighted by atomic mass is 9.99. The fraction of sp³-hybridized carbons (Fsp3) is 0.261. The van der Waals surface area contributed by atoms with Crippen molar-refractivity contribution in [3.8, 4) is 17.7 Å². The van der Waals surface area contributed by atoms with Gasteiger partial charge in [0.2, 0.25) is 11.7 Å². The highest BCUT2D eigenvalue weighted by Crippen LogP contribution is 2.29. The van der Waals surface area contributed by atoms with Crippen LogP contribution in [0, 0.1) is 32.1 Å². The Balaban J connectivity index is 2.03. The van der Waals surface area contributed by atoms with E-state index in [1.807, 2.05) is 19.9 Å². The van der Waals surface area contributed by atoms with Crippen molar-refractivity contribution in [2.75, 3.05) is 0 Å². The zero-order valence-corrected chi connectivity index (χ0v) is 18.3. The molecule has 1 atom stereocenters. The Kier molecular flexibility index (Phi) is 6.23. The molecule has 0 aliphatic rings. The molecule has 2 heterocycles. The van der Waals surface area contributed by atoms with E-state index < -0.39 is 23.3 Å². The molecule has 7 nitrogen and oxygen atoms in total. The lowest BCUT2D eigenvalue weighted by Crippen LogP contribution is -2.31. The van der Waals surface area contributed by atoms with Crippen molar-refractivity contribution in [1.29, 1.82) is 5.26 Å². The summed E-state index contributed by atoms with van der Waals surface area (Å²) < 4.78 is 12.0. The first-order valence-corrected chi connectivity index (χ1v) is 9.90. The first kappa shape index (κ1) is 22.2. The molecule has 1 N–H and O–H groups in total. The largest absolute Gasteiger partial charge is 0.494 e. The van der Waals surface area contributed by atoms with Crippen LogP contribution in [0.15, 0.2) is 39.7 Å². The predicted octanol–water partition coefficient (Wildman–Crippen LogP) is 4.30. The van der Waals surface area contributed by atoms with Gasteiger partial charge in [-0.05, 0) is 68.7 Å². The Morgan fingerprint density at radius 3 is 2.52 bits per heavy atom. The van der Waals surface area contributed by atoms with Gasteiger partial charge in [-0.1, -0.05) is 11.6 Å². The molecule has 160 valence electrons. The zero-order chi connectivity index (χ0) is 22.9. The number of nitriles is 1. The molecule has 0 amide bonds.